The molecule has 0 aromatic heterocycles. The number of aliphatic carboxylic acids is 1. The first-order valence-corrected chi connectivity index (χ1v) is 7.75. The van der Waals surface area contributed by atoms with Crippen LogP contribution in [0.1, 0.15) is 27.2 Å². The van der Waals surface area contributed by atoms with E-state index in [0.29, 0.717) is 0 Å². The highest BCUT2D eigenvalue weighted by atomic mass is 32.2. The van der Waals surface area contributed by atoms with Crippen molar-refractivity contribution in [1.82, 2.24) is 5.32 Å². The second kappa shape index (κ2) is 5.36. The summed E-state index contributed by atoms with van der Waals surface area (Å²) in [4.78, 5) is 22.6. The normalized spacial score (nSPS) is 26.5. The lowest BCUT2D eigenvalue weighted by Crippen LogP contribution is -2.52. The molecule has 1 fully saturated rings. The summed E-state index contributed by atoms with van der Waals surface area (Å²) in [5.41, 5.74) is -0.726. The number of carbonyl (C=O) groups is 2. The molecule has 0 aromatic rings. The standard InChI is InChI=1S/C11H19NO6S/c1-11(2,3)18-10(15)12-8-6-19(16,17)5-4-7(8)9(13)14/h7-8H,4-6H2,1-3H3,(H,12,15)(H,13,14)/t7-,8+/m0/s1. The lowest BCUT2D eigenvalue weighted by atomic mass is 9.98. The smallest absolute Gasteiger partial charge is 0.407 e. The Balaban J connectivity index is 2.76. The van der Waals surface area contributed by atoms with Crippen molar-refractivity contribution < 1.29 is 27.9 Å². The van der Waals surface area contributed by atoms with E-state index in [1.165, 1.54) is 0 Å². The van der Waals surface area contributed by atoms with Gasteiger partial charge in [-0.2, -0.15) is 0 Å². The van der Waals surface area contributed by atoms with Crippen LogP contribution >= 0.6 is 0 Å². The molecule has 0 aromatic carbocycles. The molecule has 2 N–H and O–H groups in total. The second-order valence-corrected chi connectivity index (χ2v) is 7.83. The number of nitrogens with one attached hydrogen (secondary N) is 1. The Kier molecular flexibility index (Phi) is 4.44. The molecule has 0 spiro atoms. The molecule has 0 aliphatic carbocycles. The van der Waals surface area contributed by atoms with Crippen molar-refractivity contribution in [1.29, 1.82) is 0 Å². The number of carbonyl (C=O) groups excluding carboxylic acids is 1. The van der Waals surface area contributed by atoms with Crippen molar-refractivity contribution in [3.63, 3.8) is 0 Å². The molecule has 0 saturated carbocycles. The maximum Gasteiger partial charge on any atom is 0.407 e. The lowest BCUT2D eigenvalue weighted by Gasteiger charge is -2.30. The van der Waals surface area contributed by atoms with Gasteiger partial charge in [-0.25, -0.2) is 13.2 Å². The molecule has 8 heteroatoms. The molecule has 7 nitrogen and oxygen atoms in total. The zero-order chi connectivity index (χ0) is 14.8. The summed E-state index contributed by atoms with van der Waals surface area (Å²) < 4.78 is 28.0. The maximum absolute atomic E-state index is 11.6. The topological polar surface area (TPSA) is 110 Å². The van der Waals surface area contributed by atoms with Crippen LogP contribution < -0.4 is 5.32 Å². The molecule has 1 heterocycles. The quantitative estimate of drug-likeness (QED) is 0.762. The summed E-state index contributed by atoms with van der Waals surface area (Å²) in [5.74, 6) is -2.56. The molecule has 1 aliphatic heterocycles. The van der Waals surface area contributed by atoms with E-state index in [2.05, 4.69) is 5.32 Å². The summed E-state index contributed by atoms with van der Waals surface area (Å²) in [7, 11) is -3.32. The van der Waals surface area contributed by atoms with Crippen LogP contribution in [0.15, 0.2) is 0 Å². The number of amides is 1. The predicted molar refractivity (Wildman–Crippen MR) is 67.6 cm³/mol. The van der Waals surface area contributed by atoms with E-state index in [-0.39, 0.29) is 17.9 Å². The molecule has 19 heavy (non-hydrogen) atoms. The lowest BCUT2D eigenvalue weighted by molar-refractivity contribution is -0.142. The van der Waals surface area contributed by atoms with E-state index < -0.39 is 39.5 Å². The molecule has 2 atom stereocenters. The Morgan fingerprint density at radius 1 is 1.32 bits per heavy atom. The van der Waals surface area contributed by atoms with E-state index in [0.717, 1.165) is 0 Å². The molecular weight excluding hydrogens is 274 g/mol. The number of rotatable bonds is 2. The van der Waals surface area contributed by atoms with Gasteiger partial charge in [0.05, 0.1) is 23.5 Å². The largest absolute Gasteiger partial charge is 0.481 e. The van der Waals surface area contributed by atoms with E-state index in [1.54, 1.807) is 20.8 Å². The van der Waals surface area contributed by atoms with Gasteiger partial charge < -0.3 is 15.2 Å². The predicted octanol–water partition coefficient (Wildman–Crippen LogP) is 0.399. The van der Waals surface area contributed by atoms with Crippen LogP contribution in [0.25, 0.3) is 0 Å². The van der Waals surface area contributed by atoms with Gasteiger partial charge in [0.1, 0.15) is 5.60 Å². The third-order valence-electron chi connectivity index (χ3n) is 2.68. The molecule has 0 bridgehead atoms. The van der Waals surface area contributed by atoms with E-state index >= 15 is 0 Å². The third-order valence-corrected chi connectivity index (χ3v) is 4.40. The van der Waals surface area contributed by atoms with Crippen molar-refractivity contribution in [3.8, 4) is 0 Å². The molecule has 110 valence electrons. The van der Waals surface area contributed by atoms with Gasteiger partial charge in [0.2, 0.25) is 0 Å². The minimum atomic E-state index is -3.32. The van der Waals surface area contributed by atoms with Crippen LogP contribution in [0.5, 0.6) is 0 Å². The molecule has 0 unspecified atom stereocenters. The van der Waals surface area contributed by atoms with Gasteiger partial charge in [-0.05, 0) is 27.2 Å². The number of hydrogen-bond donors (Lipinski definition) is 2. The summed E-state index contributed by atoms with van der Waals surface area (Å²) in [5, 5.41) is 11.4. The van der Waals surface area contributed by atoms with Gasteiger partial charge in [-0.15, -0.1) is 0 Å². The highest BCUT2D eigenvalue weighted by Gasteiger charge is 2.38. The average molecular weight is 293 g/mol. The van der Waals surface area contributed by atoms with Crippen LogP contribution in [-0.2, 0) is 19.4 Å². The average Bonchev–Trinajstić information content (AvgIpc) is 2.11. The highest BCUT2D eigenvalue weighted by molar-refractivity contribution is 7.91. The Bertz CT molecular complexity index is 464. The van der Waals surface area contributed by atoms with Crippen LogP contribution in [0, 0.1) is 5.92 Å². The van der Waals surface area contributed by atoms with E-state index in [4.69, 9.17) is 9.84 Å². The highest BCUT2D eigenvalue weighted by Crippen LogP contribution is 2.20. The van der Waals surface area contributed by atoms with Gasteiger partial charge in [-0.1, -0.05) is 0 Å². The summed E-state index contributed by atoms with van der Waals surface area (Å²) in [6, 6.07) is -0.953. The summed E-state index contributed by atoms with van der Waals surface area (Å²) >= 11 is 0. The first-order valence-electron chi connectivity index (χ1n) is 5.93. The van der Waals surface area contributed by atoms with Crippen molar-refractivity contribution in [3.05, 3.63) is 0 Å². The van der Waals surface area contributed by atoms with Gasteiger partial charge in [0.15, 0.2) is 9.84 Å². The Morgan fingerprint density at radius 2 is 1.89 bits per heavy atom. The van der Waals surface area contributed by atoms with Gasteiger partial charge >= 0.3 is 12.1 Å². The molecule has 1 saturated heterocycles. The number of ether oxygens (including phenoxy) is 1. The minimum Gasteiger partial charge on any atom is -0.481 e. The first-order chi connectivity index (χ1) is 8.50. The summed E-state index contributed by atoms with van der Waals surface area (Å²) in [6.07, 6.45) is -0.807. The number of carboxylic acids is 1. The molecule has 1 aliphatic rings. The monoisotopic (exact) mass is 293 g/mol. The fourth-order valence-corrected chi connectivity index (χ4v) is 3.52. The Labute approximate surface area is 112 Å². The first kappa shape index (κ1) is 15.7. The molecule has 1 rings (SSSR count). The molecular formula is C11H19NO6S. The minimum absolute atomic E-state index is 0.00185. The van der Waals surface area contributed by atoms with Crippen LogP contribution in [-0.4, -0.2) is 48.7 Å². The van der Waals surface area contributed by atoms with Gasteiger partial charge in [0.25, 0.3) is 0 Å². The summed E-state index contributed by atoms with van der Waals surface area (Å²) in [6.45, 7) is 5.00. The van der Waals surface area contributed by atoms with E-state index in [9.17, 15) is 18.0 Å². The maximum atomic E-state index is 11.6. The van der Waals surface area contributed by atoms with Crippen molar-refractivity contribution in [2.45, 2.75) is 38.8 Å². The molecule has 1 amide bonds. The van der Waals surface area contributed by atoms with Crippen molar-refractivity contribution in [2.75, 3.05) is 11.5 Å². The SMILES string of the molecule is CC(C)(C)OC(=O)N[C@@H]1CS(=O)(=O)CC[C@@H]1C(=O)O. The molecule has 0 radical (unpaired) electrons. The van der Waals surface area contributed by atoms with Crippen molar-refractivity contribution in [2.24, 2.45) is 5.92 Å². The van der Waals surface area contributed by atoms with Crippen LogP contribution in [0.2, 0.25) is 0 Å². The number of sulfone groups is 1. The number of carboxylic acid groups (broad SMARTS) is 1. The number of alkyl carbamates (subject to hydrolysis) is 1. The van der Waals surface area contributed by atoms with Gasteiger partial charge in [-0.3, -0.25) is 4.79 Å². The van der Waals surface area contributed by atoms with Gasteiger partial charge in [0, 0.05) is 0 Å². The second-order valence-electron chi connectivity index (χ2n) is 5.60. The Hall–Kier alpha value is -1.31. The van der Waals surface area contributed by atoms with Crippen LogP contribution in [0.3, 0.4) is 0 Å². The van der Waals surface area contributed by atoms with E-state index in [1.807, 2.05) is 0 Å². The number of hydrogen-bond acceptors (Lipinski definition) is 5. The zero-order valence-electron chi connectivity index (χ0n) is 11.2. The zero-order valence-corrected chi connectivity index (χ0v) is 12.0. The third kappa shape index (κ3) is 5.06. The van der Waals surface area contributed by atoms with Crippen molar-refractivity contribution >= 4 is 21.9 Å². The Morgan fingerprint density at radius 3 is 2.37 bits per heavy atom. The fourth-order valence-electron chi connectivity index (χ4n) is 1.88. The fraction of sp³-hybridized carbons (Fsp3) is 0.818. The van der Waals surface area contributed by atoms with Crippen LogP contribution in [0.4, 0.5) is 4.79 Å².